The van der Waals surface area contributed by atoms with Crippen LogP contribution >= 0.6 is 11.3 Å². The molecule has 8 heteroatoms. The summed E-state index contributed by atoms with van der Waals surface area (Å²) < 4.78 is 7.46. The monoisotopic (exact) mass is 949 g/mol. The zero-order valence-corrected chi connectivity index (χ0v) is 39.9. The molecule has 0 spiro atoms. The van der Waals surface area contributed by atoms with Gasteiger partial charge in [0.1, 0.15) is 0 Å². The molecule has 15 rings (SSSR count). The predicted molar refractivity (Wildman–Crippen MR) is 302 cm³/mol. The summed E-state index contributed by atoms with van der Waals surface area (Å²) in [5.74, 6) is 1.70. The summed E-state index contributed by atoms with van der Waals surface area (Å²) in [6, 6.07) is 82.9. The van der Waals surface area contributed by atoms with E-state index in [1.54, 1.807) is 0 Å². The van der Waals surface area contributed by atoms with Gasteiger partial charge in [0.15, 0.2) is 17.5 Å². The molecule has 73 heavy (non-hydrogen) atoms. The number of rotatable bonds is 7. The molecule has 0 atom stereocenters. The molecule has 0 saturated carbocycles. The Hall–Kier alpha value is -9.63. The van der Waals surface area contributed by atoms with Crippen LogP contribution in [0.1, 0.15) is 0 Å². The Labute approximate surface area is 422 Å². The third kappa shape index (κ3) is 6.47. The first-order valence-corrected chi connectivity index (χ1v) is 25.2. The Bertz CT molecular complexity index is 4600. The number of para-hydroxylation sites is 5. The fraction of sp³-hybridized carbons (Fsp3) is 0. The fourth-order valence-corrected chi connectivity index (χ4v) is 12.2. The highest BCUT2D eigenvalue weighted by Crippen LogP contribution is 2.52. The van der Waals surface area contributed by atoms with Crippen LogP contribution in [-0.4, -0.2) is 34.1 Å². The van der Waals surface area contributed by atoms with E-state index >= 15 is 0 Å². The highest BCUT2D eigenvalue weighted by molar-refractivity contribution is 7.27. The lowest BCUT2D eigenvalue weighted by molar-refractivity contribution is 1.06. The van der Waals surface area contributed by atoms with E-state index in [1.807, 2.05) is 78.1 Å². The minimum atomic E-state index is 0.538. The predicted octanol–water partition coefficient (Wildman–Crippen LogP) is 16.7. The minimum absolute atomic E-state index is 0.538. The molecule has 15 aromatic rings. The van der Waals surface area contributed by atoms with Crippen molar-refractivity contribution in [2.24, 2.45) is 0 Å². The van der Waals surface area contributed by atoms with Crippen molar-refractivity contribution in [1.29, 1.82) is 0 Å². The van der Waals surface area contributed by atoms with Crippen LogP contribution in [0.25, 0.3) is 143 Å². The first-order chi connectivity index (χ1) is 36.2. The number of nitrogens with zero attached hydrogens (tertiary/aromatic N) is 7. The Kier molecular flexibility index (Phi) is 9.30. The molecule has 0 saturated heterocycles. The number of benzene rings is 10. The van der Waals surface area contributed by atoms with E-state index in [0.29, 0.717) is 17.5 Å². The van der Waals surface area contributed by atoms with Crippen LogP contribution in [0.15, 0.2) is 237 Å². The summed E-state index contributed by atoms with van der Waals surface area (Å²) in [6.45, 7) is 0. The van der Waals surface area contributed by atoms with Crippen molar-refractivity contribution >= 4 is 86.2 Å². The lowest BCUT2D eigenvalue weighted by Gasteiger charge is -2.18. The third-order valence-electron chi connectivity index (χ3n) is 14.1. The molecule has 0 fully saturated rings. The van der Waals surface area contributed by atoms with Gasteiger partial charge in [0.05, 0.1) is 54.9 Å². The summed E-state index contributed by atoms with van der Waals surface area (Å²) in [6.07, 6.45) is 0. The summed E-state index contributed by atoms with van der Waals surface area (Å²) in [7, 11) is 0. The number of fused-ring (bicyclic) bond motifs is 13. The van der Waals surface area contributed by atoms with Gasteiger partial charge in [-0.15, -0.1) is 11.3 Å². The van der Waals surface area contributed by atoms with Crippen LogP contribution in [0.4, 0.5) is 0 Å². The van der Waals surface area contributed by atoms with E-state index in [0.717, 1.165) is 83.5 Å². The molecule has 10 aromatic carbocycles. The molecule has 0 aliphatic carbocycles. The summed E-state index contributed by atoms with van der Waals surface area (Å²) >= 11 is 1.87. The van der Waals surface area contributed by atoms with Crippen molar-refractivity contribution in [3.8, 4) is 68.1 Å². The van der Waals surface area contributed by atoms with E-state index in [2.05, 4.69) is 179 Å². The normalized spacial score (nSPS) is 11.8. The summed E-state index contributed by atoms with van der Waals surface area (Å²) in [5.41, 5.74) is 14.2. The van der Waals surface area contributed by atoms with Gasteiger partial charge in [-0.2, -0.15) is 0 Å². The van der Waals surface area contributed by atoms with Crippen LogP contribution in [-0.2, 0) is 0 Å². The maximum Gasteiger partial charge on any atom is 0.166 e. The molecule has 5 aromatic heterocycles. The van der Waals surface area contributed by atoms with Gasteiger partial charge >= 0.3 is 0 Å². The SMILES string of the molecule is c1ccc(-c2nc(-c3ccccc3)nc(-c3cc(-c4nc5ccccc5nc4-c4ccccc4)ccc3-n3c4ccccc4c4c5c6ccccc6sc5c5c(c6ccccc6n5-c5ccccc5)c43)n2)cc1. The standard InChI is InChI=1S/C65H39N7S/c1-5-21-40(22-6-1)58-59(67-50-33-17-16-32-49(50)66-58)43-37-38-53(48(39-43)65-69-63(41-23-7-2-8-24-41)68-64(70-65)42-25-9-3-10-26-42)72-52-35-19-13-29-45(52)55-56-47-31-15-20-36-54(47)73-62(56)61-57(60(55)72)46-30-14-18-34-51(46)71(61)44-27-11-4-12-28-44/h1-39H. The molecular formula is C65H39N7S. The van der Waals surface area contributed by atoms with Crippen molar-refractivity contribution in [2.75, 3.05) is 0 Å². The van der Waals surface area contributed by atoms with Crippen LogP contribution in [0.5, 0.6) is 0 Å². The highest BCUT2D eigenvalue weighted by atomic mass is 32.1. The average molecular weight is 950 g/mol. The topological polar surface area (TPSA) is 74.3 Å². The van der Waals surface area contributed by atoms with Gasteiger partial charge in [-0.1, -0.05) is 182 Å². The van der Waals surface area contributed by atoms with Gasteiger partial charge in [-0.05, 0) is 54.6 Å². The minimum Gasteiger partial charge on any atom is -0.308 e. The zero-order valence-electron chi connectivity index (χ0n) is 39.1. The number of thiophene rings is 1. The van der Waals surface area contributed by atoms with Crippen LogP contribution in [0.3, 0.4) is 0 Å². The first-order valence-electron chi connectivity index (χ1n) is 24.4. The molecule has 0 aliphatic rings. The van der Waals surface area contributed by atoms with Crippen LogP contribution < -0.4 is 0 Å². The Balaban J connectivity index is 1.14. The van der Waals surface area contributed by atoms with E-state index in [9.17, 15) is 0 Å². The maximum absolute atomic E-state index is 5.46. The van der Waals surface area contributed by atoms with Crippen LogP contribution in [0.2, 0.25) is 0 Å². The van der Waals surface area contributed by atoms with Crippen molar-refractivity contribution < 1.29 is 0 Å². The van der Waals surface area contributed by atoms with E-state index in [-0.39, 0.29) is 0 Å². The van der Waals surface area contributed by atoms with Crippen molar-refractivity contribution in [1.82, 2.24) is 34.1 Å². The van der Waals surface area contributed by atoms with Crippen molar-refractivity contribution in [3.05, 3.63) is 237 Å². The van der Waals surface area contributed by atoms with Gasteiger partial charge in [0.2, 0.25) is 0 Å². The second-order valence-electron chi connectivity index (χ2n) is 18.3. The highest BCUT2D eigenvalue weighted by Gasteiger charge is 2.29. The smallest absolute Gasteiger partial charge is 0.166 e. The van der Waals surface area contributed by atoms with Gasteiger partial charge in [-0.3, -0.25) is 0 Å². The number of hydrogen-bond donors (Lipinski definition) is 0. The Morgan fingerprint density at radius 1 is 0.329 bits per heavy atom. The molecular weight excluding hydrogens is 911 g/mol. The van der Waals surface area contributed by atoms with Crippen molar-refractivity contribution in [3.63, 3.8) is 0 Å². The van der Waals surface area contributed by atoms with E-state index < -0.39 is 0 Å². The molecule has 0 amide bonds. The summed E-state index contributed by atoms with van der Waals surface area (Å²) in [4.78, 5) is 26.8. The van der Waals surface area contributed by atoms with Crippen molar-refractivity contribution in [2.45, 2.75) is 0 Å². The Morgan fingerprint density at radius 3 is 1.47 bits per heavy atom. The molecule has 5 heterocycles. The van der Waals surface area contributed by atoms with Crippen LogP contribution in [0, 0.1) is 0 Å². The molecule has 0 N–H and O–H groups in total. The molecule has 7 nitrogen and oxygen atoms in total. The van der Waals surface area contributed by atoms with Gasteiger partial charge in [-0.25, -0.2) is 24.9 Å². The second-order valence-corrected chi connectivity index (χ2v) is 19.4. The largest absolute Gasteiger partial charge is 0.308 e. The lowest BCUT2D eigenvalue weighted by Crippen LogP contribution is -2.05. The molecule has 0 unspecified atom stereocenters. The quantitative estimate of drug-likeness (QED) is 0.159. The summed E-state index contributed by atoms with van der Waals surface area (Å²) in [5, 5.41) is 7.20. The van der Waals surface area contributed by atoms with E-state index in [1.165, 1.54) is 41.8 Å². The van der Waals surface area contributed by atoms with Gasteiger partial charge in [0.25, 0.3) is 0 Å². The van der Waals surface area contributed by atoms with Gasteiger partial charge < -0.3 is 9.13 Å². The number of aromatic nitrogens is 7. The number of hydrogen-bond acceptors (Lipinski definition) is 6. The molecule has 0 bridgehead atoms. The lowest BCUT2D eigenvalue weighted by atomic mass is 9.99. The fourth-order valence-electron chi connectivity index (χ4n) is 11.0. The molecule has 340 valence electrons. The Morgan fingerprint density at radius 2 is 0.822 bits per heavy atom. The van der Waals surface area contributed by atoms with Gasteiger partial charge in [0, 0.05) is 70.5 Å². The second kappa shape index (κ2) is 16.5. The molecule has 0 radical (unpaired) electrons. The van der Waals surface area contributed by atoms with E-state index in [4.69, 9.17) is 24.9 Å². The molecule has 0 aliphatic heterocycles. The average Bonchev–Trinajstić information content (AvgIpc) is 4.14. The maximum atomic E-state index is 5.46. The first kappa shape index (κ1) is 41.2. The third-order valence-corrected chi connectivity index (χ3v) is 15.3. The zero-order chi connectivity index (χ0) is 48.0.